The second-order valence-corrected chi connectivity index (χ2v) is 8.49. The van der Waals surface area contributed by atoms with E-state index in [1.54, 1.807) is 7.11 Å². The van der Waals surface area contributed by atoms with Crippen LogP contribution in [-0.2, 0) is 17.7 Å². The molecule has 1 saturated heterocycles. The van der Waals surface area contributed by atoms with E-state index >= 15 is 0 Å². The molecule has 6 nitrogen and oxygen atoms in total. The van der Waals surface area contributed by atoms with Crippen LogP contribution in [0.15, 0.2) is 48.5 Å². The molecular weight excluding hydrogens is 402 g/mol. The van der Waals surface area contributed by atoms with E-state index in [2.05, 4.69) is 33.8 Å². The number of rotatable bonds is 8. The zero-order chi connectivity index (χ0) is 22.5. The quantitative estimate of drug-likeness (QED) is 0.587. The fraction of sp³-hybridized carbons (Fsp3) is 0.423. The van der Waals surface area contributed by atoms with E-state index in [-0.39, 0.29) is 11.9 Å². The molecule has 0 saturated carbocycles. The highest BCUT2D eigenvalue weighted by Gasteiger charge is 2.24. The maximum Gasteiger partial charge on any atom is 0.253 e. The summed E-state index contributed by atoms with van der Waals surface area (Å²) in [5, 5.41) is 4.15. The van der Waals surface area contributed by atoms with Crippen molar-refractivity contribution >= 4 is 16.8 Å². The lowest BCUT2D eigenvalue weighted by molar-refractivity contribution is 0.0365. The first-order valence-corrected chi connectivity index (χ1v) is 11.4. The molecule has 6 heteroatoms. The number of carbonyl (C=O) groups excluding carboxylic acids is 1. The van der Waals surface area contributed by atoms with E-state index in [1.165, 1.54) is 5.56 Å². The van der Waals surface area contributed by atoms with Crippen LogP contribution in [0.4, 0.5) is 0 Å². The van der Waals surface area contributed by atoms with Gasteiger partial charge in [0.15, 0.2) is 0 Å². The van der Waals surface area contributed by atoms with Crippen LogP contribution in [0.3, 0.4) is 0 Å². The molecule has 1 aromatic heterocycles. The fourth-order valence-electron chi connectivity index (χ4n) is 4.61. The Morgan fingerprint density at radius 2 is 1.84 bits per heavy atom. The van der Waals surface area contributed by atoms with Crippen molar-refractivity contribution in [1.29, 1.82) is 0 Å². The number of morpholine rings is 1. The Hall–Kier alpha value is -2.83. The minimum absolute atomic E-state index is 0.0293. The van der Waals surface area contributed by atoms with Gasteiger partial charge in [0.25, 0.3) is 5.91 Å². The summed E-state index contributed by atoms with van der Waals surface area (Å²) < 4.78 is 13.4. The summed E-state index contributed by atoms with van der Waals surface area (Å²) >= 11 is 0. The molecule has 0 spiro atoms. The molecule has 1 atom stereocenters. The van der Waals surface area contributed by atoms with E-state index < -0.39 is 0 Å². The van der Waals surface area contributed by atoms with Crippen molar-refractivity contribution < 1.29 is 14.3 Å². The summed E-state index contributed by atoms with van der Waals surface area (Å²) in [5.41, 5.74) is 3.91. The minimum Gasteiger partial charge on any atom is -0.495 e. The minimum atomic E-state index is -0.0330. The average molecular weight is 436 g/mol. The van der Waals surface area contributed by atoms with Crippen molar-refractivity contribution in [3.8, 4) is 5.75 Å². The summed E-state index contributed by atoms with van der Waals surface area (Å²) in [6, 6.07) is 16.2. The highest BCUT2D eigenvalue weighted by Crippen LogP contribution is 2.33. The number of benzene rings is 2. The van der Waals surface area contributed by atoms with Crippen LogP contribution in [0, 0.1) is 6.92 Å². The number of methoxy groups -OCH3 is 1. The maximum atomic E-state index is 13.4. The van der Waals surface area contributed by atoms with Crippen molar-refractivity contribution in [2.75, 3.05) is 40.0 Å². The van der Waals surface area contributed by atoms with E-state index in [0.29, 0.717) is 0 Å². The van der Waals surface area contributed by atoms with Crippen LogP contribution in [0.2, 0.25) is 0 Å². The lowest BCUT2D eigenvalue weighted by Gasteiger charge is -2.27. The average Bonchev–Trinajstić information content (AvgIpc) is 3.10. The van der Waals surface area contributed by atoms with Gasteiger partial charge >= 0.3 is 0 Å². The molecule has 0 aliphatic carbocycles. The van der Waals surface area contributed by atoms with Crippen molar-refractivity contribution in [2.24, 2.45) is 0 Å². The number of hydrogen-bond acceptors (Lipinski definition) is 4. The third-order valence-electron chi connectivity index (χ3n) is 6.26. The van der Waals surface area contributed by atoms with Gasteiger partial charge < -0.3 is 19.4 Å². The van der Waals surface area contributed by atoms with Gasteiger partial charge in [-0.3, -0.25) is 9.69 Å². The molecule has 0 unspecified atom stereocenters. The maximum absolute atomic E-state index is 13.4. The number of amides is 1. The number of nitrogens with one attached hydrogen (secondary N) is 1. The van der Waals surface area contributed by atoms with Gasteiger partial charge in [0.1, 0.15) is 5.75 Å². The summed E-state index contributed by atoms with van der Waals surface area (Å²) in [5.74, 6) is 0.762. The topological polar surface area (TPSA) is 55.7 Å². The molecule has 2 aromatic carbocycles. The monoisotopic (exact) mass is 435 g/mol. The Labute approximate surface area is 190 Å². The Balaban J connectivity index is 1.60. The van der Waals surface area contributed by atoms with Crippen LogP contribution in [0.1, 0.15) is 28.5 Å². The highest BCUT2D eigenvalue weighted by atomic mass is 16.5. The molecule has 3 aromatic rings. The number of carbonyl (C=O) groups is 1. The number of nitrogens with zero attached hydrogens (tertiary/aromatic N) is 2. The Bertz CT molecular complexity index is 1060. The van der Waals surface area contributed by atoms with Crippen LogP contribution < -0.4 is 10.1 Å². The molecule has 1 aliphatic rings. The number of ether oxygens (including phenoxy) is 2. The van der Waals surface area contributed by atoms with Crippen molar-refractivity contribution in [3.05, 3.63) is 65.4 Å². The lowest BCUT2D eigenvalue weighted by Crippen LogP contribution is -2.38. The van der Waals surface area contributed by atoms with Crippen molar-refractivity contribution in [3.63, 3.8) is 0 Å². The van der Waals surface area contributed by atoms with Gasteiger partial charge in [-0.25, -0.2) is 0 Å². The third kappa shape index (κ3) is 4.81. The summed E-state index contributed by atoms with van der Waals surface area (Å²) in [6.07, 6.45) is 0.796. The molecule has 1 amide bonds. The largest absolute Gasteiger partial charge is 0.495 e. The zero-order valence-corrected chi connectivity index (χ0v) is 19.3. The normalized spacial score (nSPS) is 15.6. The molecule has 1 N–H and O–H groups in total. The molecule has 1 fully saturated rings. The summed E-state index contributed by atoms with van der Waals surface area (Å²) in [7, 11) is 1.69. The predicted molar refractivity (Wildman–Crippen MR) is 128 cm³/mol. The van der Waals surface area contributed by atoms with Gasteiger partial charge in [0.05, 0.1) is 31.4 Å². The second kappa shape index (κ2) is 10.2. The van der Waals surface area contributed by atoms with Crippen LogP contribution in [0.25, 0.3) is 10.9 Å². The summed E-state index contributed by atoms with van der Waals surface area (Å²) in [6.45, 7) is 9.25. The molecule has 0 bridgehead atoms. The van der Waals surface area contributed by atoms with Gasteiger partial charge in [0.2, 0.25) is 0 Å². The van der Waals surface area contributed by atoms with Gasteiger partial charge in [-0.15, -0.1) is 0 Å². The van der Waals surface area contributed by atoms with Gasteiger partial charge in [0, 0.05) is 43.3 Å². The Morgan fingerprint density at radius 3 is 2.56 bits per heavy atom. The lowest BCUT2D eigenvalue weighted by atomic mass is 10.1. The summed E-state index contributed by atoms with van der Waals surface area (Å²) in [4.78, 5) is 15.8. The van der Waals surface area contributed by atoms with E-state index in [9.17, 15) is 4.79 Å². The first kappa shape index (κ1) is 22.4. The second-order valence-electron chi connectivity index (χ2n) is 8.49. The molecule has 4 rings (SSSR count). The fourth-order valence-corrected chi connectivity index (χ4v) is 4.61. The number of hydrogen-bond donors (Lipinski definition) is 1. The Kier molecular flexibility index (Phi) is 7.12. The first-order valence-electron chi connectivity index (χ1n) is 11.4. The van der Waals surface area contributed by atoms with E-state index in [0.717, 1.165) is 73.7 Å². The standard InChI is InChI=1S/C26H33N3O3/c1-19(18-21-8-5-4-6-9-21)27-26(30)24-20(2)29(13-12-28-14-16-32-17-15-28)25-22(24)10-7-11-23(25)31-3/h4-11,19H,12-18H2,1-3H3,(H,27,30)/t19-/m1/s1. The van der Waals surface area contributed by atoms with Crippen LogP contribution >= 0.6 is 0 Å². The van der Waals surface area contributed by atoms with E-state index in [4.69, 9.17) is 9.47 Å². The number of para-hydroxylation sites is 1. The van der Waals surface area contributed by atoms with E-state index in [1.807, 2.05) is 43.3 Å². The molecule has 170 valence electrons. The SMILES string of the molecule is COc1cccc2c(C(=O)N[C@H](C)Cc3ccccc3)c(C)n(CCN3CCOCC3)c12. The Morgan fingerprint density at radius 1 is 1.09 bits per heavy atom. The molecule has 0 radical (unpaired) electrons. The van der Waals surface area contributed by atoms with Gasteiger partial charge in [-0.2, -0.15) is 0 Å². The van der Waals surface area contributed by atoms with Crippen LogP contribution in [-0.4, -0.2) is 61.4 Å². The van der Waals surface area contributed by atoms with Crippen molar-refractivity contribution in [2.45, 2.75) is 32.9 Å². The smallest absolute Gasteiger partial charge is 0.253 e. The molecule has 2 heterocycles. The van der Waals surface area contributed by atoms with Crippen LogP contribution in [0.5, 0.6) is 5.75 Å². The third-order valence-corrected chi connectivity index (χ3v) is 6.26. The predicted octanol–water partition coefficient (Wildman–Crippen LogP) is 3.65. The highest BCUT2D eigenvalue weighted by molar-refractivity contribution is 6.09. The zero-order valence-electron chi connectivity index (χ0n) is 19.3. The number of fused-ring (bicyclic) bond motifs is 1. The number of aromatic nitrogens is 1. The first-order chi connectivity index (χ1) is 15.6. The van der Waals surface area contributed by atoms with Crippen molar-refractivity contribution in [1.82, 2.24) is 14.8 Å². The molecule has 1 aliphatic heterocycles. The molecular formula is C26H33N3O3. The van der Waals surface area contributed by atoms with Gasteiger partial charge in [-0.1, -0.05) is 42.5 Å². The molecule has 32 heavy (non-hydrogen) atoms. The van der Waals surface area contributed by atoms with Gasteiger partial charge in [-0.05, 0) is 31.9 Å².